The number of imidazole rings is 1. The number of fused-ring (bicyclic) bond motifs is 1. The monoisotopic (exact) mass is 405 g/mol. The minimum Gasteiger partial charge on any atom is -0.497 e. The molecule has 1 fully saturated rings. The number of thiophene rings is 1. The van der Waals surface area contributed by atoms with Gasteiger partial charge in [-0.15, -0.1) is 11.3 Å². The predicted molar refractivity (Wildman–Crippen MR) is 120 cm³/mol. The Balaban J connectivity index is 1.41. The van der Waals surface area contributed by atoms with Crippen LogP contribution in [-0.2, 0) is 20.0 Å². The summed E-state index contributed by atoms with van der Waals surface area (Å²) >= 11 is 1.80. The van der Waals surface area contributed by atoms with Crippen LogP contribution in [0.5, 0.6) is 5.75 Å². The number of hydrogen-bond acceptors (Lipinski definition) is 3. The van der Waals surface area contributed by atoms with Crippen molar-refractivity contribution in [3.05, 3.63) is 59.2 Å². The Labute approximate surface area is 175 Å². The Morgan fingerprint density at radius 2 is 2.00 bits per heavy atom. The van der Waals surface area contributed by atoms with E-state index >= 15 is 0 Å². The zero-order chi connectivity index (χ0) is 19.8. The molecule has 0 amide bonds. The molecule has 1 saturated carbocycles. The van der Waals surface area contributed by atoms with Crippen LogP contribution in [0.3, 0.4) is 0 Å². The molecule has 0 atom stereocenters. The highest BCUT2D eigenvalue weighted by Gasteiger charge is 2.26. The molecule has 5 rings (SSSR count). The molecule has 1 aromatic carbocycles. The Morgan fingerprint density at radius 3 is 2.69 bits per heavy atom. The summed E-state index contributed by atoms with van der Waals surface area (Å²) in [5.74, 6) is 2.72. The summed E-state index contributed by atoms with van der Waals surface area (Å²) in [4.78, 5) is 4.90. The molecule has 3 heterocycles. The van der Waals surface area contributed by atoms with E-state index < -0.39 is 0 Å². The maximum absolute atomic E-state index is 5.27. The molecule has 0 unspecified atom stereocenters. The van der Waals surface area contributed by atoms with Crippen LogP contribution in [0.1, 0.15) is 42.9 Å². The minimum absolute atomic E-state index is 0.679. The number of aryl methyl sites for hydroxylation is 2. The molecule has 0 bridgehead atoms. The van der Waals surface area contributed by atoms with E-state index in [9.17, 15) is 0 Å². The molecule has 3 aromatic heterocycles. The van der Waals surface area contributed by atoms with E-state index in [4.69, 9.17) is 9.72 Å². The predicted octanol–water partition coefficient (Wildman–Crippen LogP) is 6.01. The number of hydrogen-bond donors (Lipinski definition) is 0. The molecule has 4 aromatic rings. The van der Waals surface area contributed by atoms with Crippen molar-refractivity contribution in [3.8, 4) is 17.3 Å². The van der Waals surface area contributed by atoms with Gasteiger partial charge in [-0.05, 0) is 60.9 Å². The summed E-state index contributed by atoms with van der Waals surface area (Å²) in [5, 5.41) is 2.16. The summed E-state index contributed by atoms with van der Waals surface area (Å²) in [5.41, 5.74) is 5.30. The summed E-state index contributed by atoms with van der Waals surface area (Å²) in [7, 11) is 3.87. The maximum atomic E-state index is 5.27. The zero-order valence-corrected chi connectivity index (χ0v) is 17.9. The zero-order valence-electron chi connectivity index (χ0n) is 17.1. The molecular formula is C24H27N3OS. The first kappa shape index (κ1) is 18.5. The van der Waals surface area contributed by atoms with E-state index in [0.717, 1.165) is 31.0 Å². The Morgan fingerprint density at radius 1 is 1.17 bits per heavy atom. The second-order valence-electron chi connectivity index (χ2n) is 8.00. The third-order valence-corrected chi connectivity index (χ3v) is 7.16. The Bertz CT molecular complexity index is 1120. The summed E-state index contributed by atoms with van der Waals surface area (Å²) < 4.78 is 11.4. The highest BCUT2D eigenvalue weighted by molar-refractivity contribution is 7.17. The minimum atomic E-state index is 0.679. The third-order valence-electron chi connectivity index (χ3n) is 6.31. The highest BCUT2D eigenvalue weighted by Crippen LogP contribution is 2.39. The average Bonchev–Trinajstić information content (AvgIpc) is 3.39. The van der Waals surface area contributed by atoms with Gasteiger partial charge in [-0.1, -0.05) is 18.6 Å². The molecule has 5 heteroatoms. The lowest BCUT2D eigenvalue weighted by molar-refractivity contribution is 0.395. The lowest BCUT2D eigenvalue weighted by Crippen LogP contribution is -2.16. The van der Waals surface area contributed by atoms with E-state index in [0.29, 0.717) is 5.92 Å². The van der Waals surface area contributed by atoms with Crippen molar-refractivity contribution in [2.45, 2.75) is 44.6 Å². The highest BCUT2D eigenvalue weighted by atomic mass is 32.1. The molecule has 0 N–H and O–H groups in total. The van der Waals surface area contributed by atoms with Crippen LogP contribution in [-0.4, -0.2) is 21.2 Å². The van der Waals surface area contributed by atoms with E-state index in [-0.39, 0.29) is 0 Å². The molecular weight excluding hydrogens is 378 g/mol. The summed E-state index contributed by atoms with van der Waals surface area (Å²) in [6.07, 6.45) is 8.24. The van der Waals surface area contributed by atoms with Gasteiger partial charge in [-0.3, -0.25) is 0 Å². The van der Waals surface area contributed by atoms with Crippen molar-refractivity contribution in [2.75, 3.05) is 7.11 Å². The number of methoxy groups -OCH3 is 1. The van der Waals surface area contributed by atoms with Crippen molar-refractivity contribution in [1.82, 2.24) is 14.1 Å². The second kappa shape index (κ2) is 7.71. The van der Waals surface area contributed by atoms with E-state index in [1.807, 2.05) is 0 Å². The van der Waals surface area contributed by atoms with Crippen LogP contribution < -0.4 is 4.74 Å². The first-order valence-corrected chi connectivity index (χ1v) is 11.3. The fourth-order valence-corrected chi connectivity index (χ4v) is 5.21. The van der Waals surface area contributed by atoms with Gasteiger partial charge >= 0.3 is 0 Å². The van der Waals surface area contributed by atoms with E-state index in [1.165, 1.54) is 46.4 Å². The van der Waals surface area contributed by atoms with Gasteiger partial charge in [0.15, 0.2) is 5.82 Å². The fraction of sp³-hybridized carbons (Fsp3) is 0.375. The molecule has 0 radical (unpaired) electrons. The summed E-state index contributed by atoms with van der Waals surface area (Å²) in [6.45, 7) is 1.01. The fourth-order valence-electron chi connectivity index (χ4n) is 4.36. The standard InChI is InChI=1S/C24H27N3OS/c1-26-20-12-14-29-23(20)15-21(26)24-25-16-22(18-6-3-7-18)27(24)13-4-5-17-8-10-19(28-2)11-9-17/h8-12,14-16,18H,3-7,13H2,1-2H3. The lowest BCUT2D eigenvalue weighted by Gasteiger charge is -2.27. The first-order chi connectivity index (χ1) is 14.2. The molecule has 0 spiro atoms. The SMILES string of the molecule is COc1ccc(CCCn2c(C3CCC3)cnc2-c2cc3sccc3n2C)cc1. The van der Waals surface area contributed by atoms with E-state index in [1.54, 1.807) is 18.4 Å². The largest absolute Gasteiger partial charge is 0.497 e. The van der Waals surface area contributed by atoms with Gasteiger partial charge in [0.2, 0.25) is 0 Å². The summed E-state index contributed by atoms with van der Waals surface area (Å²) in [6, 6.07) is 12.9. The molecule has 0 saturated heterocycles. The van der Waals surface area contributed by atoms with Crippen LogP contribution in [0.4, 0.5) is 0 Å². The van der Waals surface area contributed by atoms with Gasteiger partial charge in [-0.2, -0.15) is 0 Å². The van der Waals surface area contributed by atoms with Crippen LogP contribution in [0, 0.1) is 0 Å². The Kier molecular flexibility index (Phi) is 4.92. The van der Waals surface area contributed by atoms with Gasteiger partial charge in [0.25, 0.3) is 0 Å². The third kappa shape index (κ3) is 3.38. The number of ether oxygens (including phenoxy) is 1. The van der Waals surface area contributed by atoms with Crippen molar-refractivity contribution in [1.29, 1.82) is 0 Å². The van der Waals surface area contributed by atoms with E-state index in [2.05, 4.69) is 64.2 Å². The average molecular weight is 406 g/mol. The number of benzene rings is 1. The Hall–Kier alpha value is -2.53. The molecule has 0 aliphatic heterocycles. The normalized spacial score (nSPS) is 14.4. The van der Waals surface area contributed by atoms with Gasteiger partial charge in [-0.25, -0.2) is 4.98 Å². The number of aromatic nitrogens is 3. The van der Waals surface area contributed by atoms with Crippen molar-refractivity contribution in [2.24, 2.45) is 7.05 Å². The van der Waals surface area contributed by atoms with Gasteiger partial charge in [0.05, 0.1) is 23.0 Å². The van der Waals surface area contributed by atoms with Gasteiger partial charge < -0.3 is 13.9 Å². The first-order valence-electron chi connectivity index (χ1n) is 10.5. The van der Waals surface area contributed by atoms with Crippen molar-refractivity contribution >= 4 is 21.6 Å². The van der Waals surface area contributed by atoms with Crippen LogP contribution >= 0.6 is 11.3 Å². The smallest absolute Gasteiger partial charge is 0.156 e. The molecule has 29 heavy (non-hydrogen) atoms. The topological polar surface area (TPSA) is 32.0 Å². The van der Waals surface area contributed by atoms with Crippen LogP contribution in [0.15, 0.2) is 48.0 Å². The molecule has 1 aliphatic rings. The molecule has 4 nitrogen and oxygen atoms in total. The van der Waals surface area contributed by atoms with Crippen molar-refractivity contribution in [3.63, 3.8) is 0 Å². The van der Waals surface area contributed by atoms with Crippen molar-refractivity contribution < 1.29 is 4.74 Å². The number of rotatable bonds is 7. The molecule has 150 valence electrons. The van der Waals surface area contributed by atoms with Crippen LogP contribution in [0.2, 0.25) is 0 Å². The van der Waals surface area contributed by atoms with Gasteiger partial charge in [0, 0.05) is 31.4 Å². The maximum Gasteiger partial charge on any atom is 0.156 e. The molecule has 1 aliphatic carbocycles. The van der Waals surface area contributed by atoms with Crippen LogP contribution in [0.25, 0.3) is 21.7 Å². The quantitative estimate of drug-likeness (QED) is 0.377. The van der Waals surface area contributed by atoms with Gasteiger partial charge in [0.1, 0.15) is 5.75 Å². The lowest BCUT2D eigenvalue weighted by atomic mass is 9.83. The number of nitrogens with zero attached hydrogens (tertiary/aromatic N) is 3. The second-order valence-corrected chi connectivity index (χ2v) is 8.94.